The molecular weight excluding hydrogens is 256 g/mol. The maximum atomic E-state index is 11.4. The van der Waals surface area contributed by atoms with Crippen molar-refractivity contribution in [3.05, 3.63) is 30.0 Å². The fourth-order valence-corrected chi connectivity index (χ4v) is 2.52. The molecule has 3 rings (SSSR count). The van der Waals surface area contributed by atoms with E-state index >= 15 is 0 Å². The molecule has 0 radical (unpaired) electrons. The minimum Gasteiger partial charge on any atom is -0.476 e. The molecule has 0 unspecified atom stereocenters. The summed E-state index contributed by atoms with van der Waals surface area (Å²) in [5.41, 5.74) is 1.27. The van der Waals surface area contributed by atoms with Gasteiger partial charge in [0.2, 0.25) is 0 Å². The van der Waals surface area contributed by atoms with Crippen molar-refractivity contribution in [1.82, 2.24) is 15.5 Å². The second-order valence-corrected chi connectivity index (χ2v) is 4.91. The van der Waals surface area contributed by atoms with E-state index in [4.69, 9.17) is 0 Å². The van der Waals surface area contributed by atoms with Crippen LogP contribution in [0.15, 0.2) is 24.3 Å². The fourth-order valence-electron chi connectivity index (χ4n) is 2.52. The summed E-state index contributed by atoms with van der Waals surface area (Å²) in [6.45, 7) is 1.88. The first-order valence-corrected chi connectivity index (χ1v) is 6.71. The molecule has 6 nitrogen and oxygen atoms in total. The van der Waals surface area contributed by atoms with Gasteiger partial charge in [0.15, 0.2) is 5.69 Å². The highest BCUT2D eigenvalue weighted by Gasteiger charge is 2.20. The first-order chi connectivity index (χ1) is 9.75. The first-order valence-electron chi connectivity index (χ1n) is 6.71. The van der Waals surface area contributed by atoms with Crippen molar-refractivity contribution in [2.45, 2.75) is 18.9 Å². The Morgan fingerprint density at radius 2 is 2.00 bits per heavy atom. The van der Waals surface area contributed by atoms with Crippen molar-refractivity contribution in [2.24, 2.45) is 0 Å². The minimum atomic E-state index is -1.06. The van der Waals surface area contributed by atoms with Gasteiger partial charge in [0.1, 0.15) is 0 Å². The molecule has 0 saturated carbocycles. The van der Waals surface area contributed by atoms with Gasteiger partial charge in [-0.05, 0) is 32.0 Å². The maximum absolute atomic E-state index is 11.4. The Morgan fingerprint density at radius 3 is 2.75 bits per heavy atom. The van der Waals surface area contributed by atoms with E-state index in [1.807, 2.05) is 24.3 Å². The Kier molecular flexibility index (Phi) is 3.47. The number of hydrogen-bond acceptors (Lipinski definition) is 5. The molecule has 1 fully saturated rings. The predicted molar refractivity (Wildman–Crippen MR) is 76.0 cm³/mol. The molecule has 1 aromatic carbocycles. The van der Waals surface area contributed by atoms with Crippen LogP contribution in [-0.4, -0.2) is 40.4 Å². The largest absolute Gasteiger partial charge is 0.476 e. The predicted octanol–water partition coefficient (Wildman–Crippen LogP) is 1.49. The molecule has 20 heavy (non-hydrogen) atoms. The fraction of sp³-hybridized carbons (Fsp3) is 0.357. The third-order valence-corrected chi connectivity index (χ3v) is 3.56. The van der Waals surface area contributed by atoms with E-state index in [-0.39, 0.29) is 11.7 Å². The summed E-state index contributed by atoms with van der Waals surface area (Å²) < 4.78 is 0. The van der Waals surface area contributed by atoms with Crippen molar-refractivity contribution in [3.8, 4) is 0 Å². The lowest BCUT2D eigenvalue weighted by Crippen LogP contribution is -2.35. The number of anilines is 1. The van der Waals surface area contributed by atoms with Crippen molar-refractivity contribution in [2.75, 3.05) is 18.4 Å². The standard InChI is InChI=1S/C14H16N4O2/c19-14(20)13-12(16-9-5-7-15-8-6-9)10-3-1-2-4-11(10)17-18-13/h1-4,9,15H,5-8H2,(H,16,17)(H,19,20). The number of hydrogen-bond donors (Lipinski definition) is 3. The molecule has 1 aromatic heterocycles. The van der Waals surface area contributed by atoms with Crippen molar-refractivity contribution in [1.29, 1.82) is 0 Å². The van der Waals surface area contributed by atoms with E-state index in [0.717, 1.165) is 31.3 Å². The topological polar surface area (TPSA) is 87.1 Å². The Morgan fingerprint density at radius 1 is 1.25 bits per heavy atom. The van der Waals surface area contributed by atoms with Gasteiger partial charge in [0, 0.05) is 11.4 Å². The number of nitrogens with zero attached hydrogens (tertiary/aromatic N) is 2. The third kappa shape index (κ3) is 2.42. The number of fused-ring (bicyclic) bond motifs is 1. The number of nitrogens with one attached hydrogen (secondary N) is 2. The van der Waals surface area contributed by atoms with E-state index < -0.39 is 5.97 Å². The molecule has 3 N–H and O–H groups in total. The van der Waals surface area contributed by atoms with Gasteiger partial charge >= 0.3 is 5.97 Å². The quantitative estimate of drug-likeness (QED) is 0.784. The molecule has 1 saturated heterocycles. The van der Waals surface area contributed by atoms with Gasteiger partial charge in [-0.3, -0.25) is 0 Å². The lowest BCUT2D eigenvalue weighted by Gasteiger charge is -2.25. The summed E-state index contributed by atoms with van der Waals surface area (Å²) in [7, 11) is 0. The van der Waals surface area contributed by atoms with Crippen LogP contribution in [0.4, 0.5) is 5.69 Å². The second kappa shape index (κ2) is 5.42. The molecular formula is C14H16N4O2. The zero-order chi connectivity index (χ0) is 13.9. The van der Waals surface area contributed by atoms with Gasteiger partial charge < -0.3 is 15.7 Å². The lowest BCUT2D eigenvalue weighted by molar-refractivity contribution is 0.0690. The summed E-state index contributed by atoms with van der Waals surface area (Å²) in [4.78, 5) is 11.4. The van der Waals surface area contributed by atoms with Gasteiger partial charge in [-0.25, -0.2) is 4.79 Å². The Hall–Kier alpha value is -2.21. The smallest absolute Gasteiger partial charge is 0.358 e. The molecule has 1 aliphatic rings. The molecule has 104 valence electrons. The summed E-state index contributed by atoms with van der Waals surface area (Å²) >= 11 is 0. The molecule has 0 aliphatic carbocycles. The molecule has 0 bridgehead atoms. The molecule has 0 spiro atoms. The number of carboxylic acid groups (broad SMARTS) is 1. The second-order valence-electron chi connectivity index (χ2n) is 4.91. The van der Waals surface area contributed by atoms with Gasteiger partial charge in [0.25, 0.3) is 0 Å². The zero-order valence-corrected chi connectivity index (χ0v) is 11.0. The van der Waals surface area contributed by atoms with E-state index in [1.165, 1.54) is 0 Å². The third-order valence-electron chi connectivity index (χ3n) is 3.56. The van der Waals surface area contributed by atoms with E-state index in [0.29, 0.717) is 11.2 Å². The van der Waals surface area contributed by atoms with Crippen LogP contribution < -0.4 is 10.6 Å². The minimum absolute atomic E-state index is 0.0118. The summed E-state index contributed by atoms with van der Waals surface area (Å²) in [5, 5.41) is 24.6. The number of carboxylic acids is 1. The van der Waals surface area contributed by atoms with Crippen molar-refractivity contribution < 1.29 is 9.90 Å². The number of carbonyl (C=O) groups is 1. The van der Waals surface area contributed by atoms with Gasteiger partial charge in [-0.15, -0.1) is 10.2 Å². The van der Waals surface area contributed by atoms with Crippen LogP contribution in [0.1, 0.15) is 23.3 Å². The monoisotopic (exact) mass is 272 g/mol. The van der Waals surface area contributed by atoms with Crippen LogP contribution in [0, 0.1) is 0 Å². The van der Waals surface area contributed by atoms with Crippen LogP contribution in [0.25, 0.3) is 10.9 Å². The molecule has 2 heterocycles. The van der Waals surface area contributed by atoms with E-state index in [2.05, 4.69) is 20.8 Å². The molecule has 0 atom stereocenters. The maximum Gasteiger partial charge on any atom is 0.358 e. The highest BCUT2D eigenvalue weighted by atomic mass is 16.4. The average Bonchev–Trinajstić information content (AvgIpc) is 2.48. The molecule has 2 aromatic rings. The van der Waals surface area contributed by atoms with Crippen LogP contribution in [0.5, 0.6) is 0 Å². The van der Waals surface area contributed by atoms with Crippen LogP contribution in [0.3, 0.4) is 0 Å². The van der Waals surface area contributed by atoms with Gasteiger partial charge in [-0.2, -0.15) is 0 Å². The van der Waals surface area contributed by atoms with Crippen LogP contribution in [0.2, 0.25) is 0 Å². The number of rotatable bonds is 3. The number of piperidine rings is 1. The lowest BCUT2D eigenvalue weighted by atomic mass is 10.0. The van der Waals surface area contributed by atoms with E-state index in [1.54, 1.807) is 0 Å². The Balaban J connectivity index is 2.04. The zero-order valence-electron chi connectivity index (χ0n) is 11.0. The first kappa shape index (κ1) is 12.8. The SMILES string of the molecule is O=C(O)c1nnc2ccccc2c1NC1CCNCC1. The average molecular weight is 272 g/mol. The van der Waals surface area contributed by atoms with Gasteiger partial charge in [0.05, 0.1) is 11.2 Å². The Bertz CT molecular complexity index is 638. The highest BCUT2D eigenvalue weighted by Crippen LogP contribution is 2.26. The van der Waals surface area contributed by atoms with Gasteiger partial charge in [-0.1, -0.05) is 18.2 Å². The van der Waals surface area contributed by atoms with E-state index in [9.17, 15) is 9.90 Å². The van der Waals surface area contributed by atoms with Crippen molar-refractivity contribution >= 4 is 22.6 Å². The summed E-state index contributed by atoms with van der Waals surface area (Å²) in [6.07, 6.45) is 1.94. The number of aromatic carboxylic acids is 1. The van der Waals surface area contributed by atoms with Crippen LogP contribution >= 0.6 is 0 Å². The molecule has 6 heteroatoms. The summed E-state index contributed by atoms with van der Waals surface area (Å²) in [6, 6.07) is 7.72. The number of aromatic nitrogens is 2. The highest BCUT2D eigenvalue weighted by molar-refractivity contribution is 6.02. The Labute approximate surface area is 116 Å². The van der Waals surface area contributed by atoms with Crippen LogP contribution in [-0.2, 0) is 0 Å². The van der Waals surface area contributed by atoms with Crippen molar-refractivity contribution in [3.63, 3.8) is 0 Å². The molecule has 1 aliphatic heterocycles. The number of benzene rings is 1. The molecule has 0 amide bonds. The normalized spacial score (nSPS) is 16.2. The summed E-state index contributed by atoms with van der Waals surface area (Å²) in [5.74, 6) is -1.06.